The van der Waals surface area contributed by atoms with Crippen LogP contribution < -0.4 is 10.6 Å². The molecule has 2 heterocycles. The van der Waals surface area contributed by atoms with E-state index >= 15 is 0 Å². The molecule has 0 fully saturated rings. The summed E-state index contributed by atoms with van der Waals surface area (Å²) in [6.45, 7) is 4.31. The van der Waals surface area contributed by atoms with Gasteiger partial charge in [0.2, 0.25) is 5.91 Å². The summed E-state index contributed by atoms with van der Waals surface area (Å²) in [7, 11) is 0. The number of hydrogen-bond acceptors (Lipinski definition) is 5. The van der Waals surface area contributed by atoms with Gasteiger partial charge in [0.1, 0.15) is 17.8 Å². The van der Waals surface area contributed by atoms with Crippen molar-refractivity contribution in [1.29, 1.82) is 0 Å². The number of ketones is 1. The molecule has 4 aromatic rings. The zero-order valence-electron chi connectivity index (χ0n) is 18.8. The molecule has 3 N–H and O–H groups in total. The first-order valence-electron chi connectivity index (χ1n) is 11.1. The van der Waals surface area contributed by atoms with Crippen LogP contribution in [0.2, 0.25) is 0 Å². The Morgan fingerprint density at radius 2 is 1.79 bits per heavy atom. The number of rotatable bonds is 9. The highest BCUT2D eigenvalue weighted by Gasteiger charge is 2.18. The molecule has 2 aromatic carbocycles. The Balaban J connectivity index is 1.55. The Bertz CT molecular complexity index is 1260. The molecule has 2 aromatic heterocycles. The standard InChI is InChI=1S/C26H27N5O2/c1-17(2)8-6-13-22(32)30-19-11-7-12-20(14-19)31-26-23-21(15-27-25(23)28-16-29-26)24(33)18-9-4-3-5-10-18/h3-5,7,9-12,14-17H,6,8,13H2,1-2H3,(H,30,32)(H2,27,28,29,31). The Morgan fingerprint density at radius 3 is 2.58 bits per heavy atom. The van der Waals surface area contributed by atoms with Crippen molar-refractivity contribution in [2.24, 2.45) is 5.92 Å². The average molecular weight is 442 g/mol. The molecule has 0 atom stereocenters. The van der Waals surface area contributed by atoms with Crippen molar-refractivity contribution in [1.82, 2.24) is 15.0 Å². The van der Waals surface area contributed by atoms with E-state index in [0.717, 1.165) is 18.5 Å². The summed E-state index contributed by atoms with van der Waals surface area (Å²) in [4.78, 5) is 37.0. The lowest BCUT2D eigenvalue weighted by Gasteiger charge is -2.11. The van der Waals surface area contributed by atoms with Crippen LogP contribution in [0.3, 0.4) is 0 Å². The van der Waals surface area contributed by atoms with Crippen molar-refractivity contribution in [2.75, 3.05) is 10.6 Å². The summed E-state index contributed by atoms with van der Waals surface area (Å²) < 4.78 is 0. The monoisotopic (exact) mass is 441 g/mol. The minimum absolute atomic E-state index is 0.00129. The van der Waals surface area contributed by atoms with Gasteiger partial charge in [-0.1, -0.05) is 56.7 Å². The van der Waals surface area contributed by atoms with Crippen molar-refractivity contribution in [2.45, 2.75) is 33.1 Å². The number of H-pyrrole nitrogens is 1. The summed E-state index contributed by atoms with van der Waals surface area (Å²) in [5.74, 6) is 0.990. The van der Waals surface area contributed by atoms with E-state index in [1.807, 2.05) is 42.5 Å². The molecule has 0 aliphatic heterocycles. The van der Waals surface area contributed by atoms with Gasteiger partial charge in [0.05, 0.1) is 10.9 Å². The molecule has 0 saturated carbocycles. The molecule has 0 radical (unpaired) electrons. The van der Waals surface area contributed by atoms with Crippen LogP contribution in [0, 0.1) is 5.92 Å². The Hall–Kier alpha value is -4.00. The number of carbonyl (C=O) groups excluding carboxylic acids is 2. The second-order valence-electron chi connectivity index (χ2n) is 8.38. The normalized spacial score (nSPS) is 11.0. The molecule has 4 rings (SSSR count). The third kappa shape index (κ3) is 5.44. The van der Waals surface area contributed by atoms with E-state index in [1.165, 1.54) is 6.33 Å². The highest BCUT2D eigenvalue weighted by molar-refractivity contribution is 6.18. The maximum atomic E-state index is 13.1. The minimum atomic E-state index is -0.109. The number of carbonyl (C=O) groups is 2. The lowest BCUT2D eigenvalue weighted by molar-refractivity contribution is -0.116. The van der Waals surface area contributed by atoms with Crippen LogP contribution in [0.4, 0.5) is 17.2 Å². The molecule has 0 bridgehead atoms. The fourth-order valence-electron chi connectivity index (χ4n) is 3.69. The number of benzene rings is 2. The molecule has 33 heavy (non-hydrogen) atoms. The average Bonchev–Trinajstić information content (AvgIpc) is 3.24. The number of hydrogen-bond donors (Lipinski definition) is 3. The maximum absolute atomic E-state index is 13.1. The van der Waals surface area contributed by atoms with Gasteiger partial charge in [-0.15, -0.1) is 0 Å². The van der Waals surface area contributed by atoms with Gasteiger partial charge in [0.25, 0.3) is 0 Å². The largest absolute Gasteiger partial charge is 0.345 e. The van der Waals surface area contributed by atoms with E-state index in [0.29, 0.717) is 46.0 Å². The van der Waals surface area contributed by atoms with Crippen LogP contribution in [0.5, 0.6) is 0 Å². The highest BCUT2D eigenvalue weighted by atomic mass is 16.1. The summed E-state index contributed by atoms with van der Waals surface area (Å²) >= 11 is 0. The van der Waals surface area contributed by atoms with Crippen molar-refractivity contribution >= 4 is 39.9 Å². The quantitative estimate of drug-likeness (QED) is 0.289. The van der Waals surface area contributed by atoms with Crippen molar-refractivity contribution in [3.8, 4) is 0 Å². The summed E-state index contributed by atoms with van der Waals surface area (Å²) in [6, 6.07) is 16.5. The van der Waals surface area contributed by atoms with E-state index in [-0.39, 0.29) is 11.7 Å². The summed E-state index contributed by atoms with van der Waals surface area (Å²) in [5, 5.41) is 6.85. The van der Waals surface area contributed by atoms with E-state index in [9.17, 15) is 9.59 Å². The molecule has 7 nitrogen and oxygen atoms in total. The topological polar surface area (TPSA) is 99.8 Å². The smallest absolute Gasteiger partial charge is 0.224 e. The van der Waals surface area contributed by atoms with Gasteiger partial charge >= 0.3 is 0 Å². The fourth-order valence-corrected chi connectivity index (χ4v) is 3.69. The first kappa shape index (κ1) is 22.2. The molecule has 0 aliphatic carbocycles. The highest BCUT2D eigenvalue weighted by Crippen LogP contribution is 2.28. The van der Waals surface area contributed by atoms with Gasteiger partial charge in [-0.3, -0.25) is 9.59 Å². The zero-order chi connectivity index (χ0) is 23.2. The van der Waals surface area contributed by atoms with Crippen LogP contribution in [0.15, 0.2) is 67.1 Å². The third-order valence-electron chi connectivity index (χ3n) is 5.34. The molecular formula is C26H27N5O2. The Kier molecular flexibility index (Phi) is 6.78. The lowest BCUT2D eigenvalue weighted by atomic mass is 10.0. The van der Waals surface area contributed by atoms with Crippen molar-refractivity contribution in [3.63, 3.8) is 0 Å². The van der Waals surface area contributed by atoms with Crippen molar-refractivity contribution in [3.05, 3.63) is 78.2 Å². The van der Waals surface area contributed by atoms with Crippen LogP contribution in [-0.4, -0.2) is 26.6 Å². The zero-order valence-corrected chi connectivity index (χ0v) is 18.8. The fraction of sp³-hybridized carbons (Fsp3) is 0.231. The third-order valence-corrected chi connectivity index (χ3v) is 5.34. The van der Waals surface area contributed by atoms with Gasteiger partial charge in [-0.05, 0) is 30.5 Å². The van der Waals surface area contributed by atoms with Gasteiger partial charge in [-0.25, -0.2) is 9.97 Å². The van der Waals surface area contributed by atoms with Crippen molar-refractivity contribution < 1.29 is 9.59 Å². The number of aromatic amines is 1. The first-order chi connectivity index (χ1) is 16.0. The number of nitrogens with one attached hydrogen (secondary N) is 3. The van der Waals surface area contributed by atoms with Crippen LogP contribution in [0.25, 0.3) is 11.0 Å². The number of aromatic nitrogens is 3. The van der Waals surface area contributed by atoms with Gasteiger partial charge in [0, 0.05) is 29.6 Å². The summed E-state index contributed by atoms with van der Waals surface area (Å²) in [6.07, 6.45) is 5.49. The number of nitrogens with zero attached hydrogens (tertiary/aromatic N) is 2. The predicted molar refractivity (Wildman–Crippen MR) is 131 cm³/mol. The molecule has 168 valence electrons. The number of amides is 1. The predicted octanol–water partition coefficient (Wildman–Crippen LogP) is 5.70. The van der Waals surface area contributed by atoms with Gasteiger partial charge in [-0.2, -0.15) is 0 Å². The van der Waals surface area contributed by atoms with Crippen LogP contribution in [-0.2, 0) is 4.79 Å². The number of anilines is 3. The molecule has 0 saturated heterocycles. The van der Waals surface area contributed by atoms with E-state index < -0.39 is 0 Å². The Labute approximate surface area is 192 Å². The van der Waals surface area contributed by atoms with Crippen LogP contribution in [0.1, 0.15) is 49.0 Å². The maximum Gasteiger partial charge on any atom is 0.224 e. The van der Waals surface area contributed by atoms with E-state index in [4.69, 9.17) is 0 Å². The lowest BCUT2D eigenvalue weighted by Crippen LogP contribution is -2.11. The first-order valence-corrected chi connectivity index (χ1v) is 11.1. The van der Waals surface area contributed by atoms with E-state index in [2.05, 4.69) is 39.4 Å². The van der Waals surface area contributed by atoms with E-state index in [1.54, 1.807) is 18.3 Å². The Morgan fingerprint density at radius 1 is 1.00 bits per heavy atom. The summed E-state index contributed by atoms with van der Waals surface area (Å²) in [5.41, 5.74) is 3.11. The second-order valence-corrected chi connectivity index (χ2v) is 8.38. The minimum Gasteiger partial charge on any atom is -0.345 e. The molecule has 1 amide bonds. The molecule has 0 spiro atoms. The van der Waals surface area contributed by atoms with Gasteiger partial charge in [0.15, 0.2) is 5.78 Å². The SMILES string of the molecule is CC(C)CCCC(=O)Nc1cccc(Nc2ncnc3[nH]cc(C(=O)c4ccccc4)c23)c1. The molecular weight excluding hydrogens is 414 g/mol. The van der Waals surface area contributed by atoms with Gasteiger partial charge < -0.3 is 15.6 Å². The number of fused-ring (bicyclic) bond motifs is 1. The second kappa shape index (κ2) is 10.1. The molecule has 0 unspecified atom stereocenters. The molecule has 0 aliphatic rings. The van der Waals surface area contributed by atoms with Crippen LogP contribution >= 0.6 is 0 Å². The molecule has 7 heteroatoms.